The molecule has 2 aromatic carbocycles. The minimum absolute atomic E-state index is 0.594. The predicted octanol–water partition coefficient (Wildman–Crippen LogP) is 6.19. The van der Waals surface area contributed by atoms with Crippen LogP contribution in [0.5, 0.6) is 0 Å². The number of hydrogen-bond acceptors (Lipinski definition) is 3. The highest BCUT2D eigenvalue weighted by molar-refractivity contribution is 6.07. The average Bonchev–Trinajstić information content (AvgIpc) is 3.51. The van der Waals surface area contributed by atoms with Crippen LogP contribution in [0.25, 0.3) is 22.0 Å². The molecule has 1 N–H and O–H groups in total. The van der Waals surface area contributed by atoms with E-state index in [2.05, 4.69) is 60.7 Å². The zero-order valence-corrected chi connectivity index (χ0v) is 20.5. The molecule has 0 saturated heterocycles. The summed E-state index contributed by atoms with van der Waals surface area (Å²) in [5.74, 6) is -0.336. The van der Waals surface area contributed by atoms with E-state index in [0.29, 0.717) is 5.92 Å². The quantitative estimate of drug-likeness (QED) is 0.507. The van der Waals surface area contributed by atoms with Crippen LogP contribution < -0.4 is 4.90 Å². The molecule has 1 fully saturated rings. The molecule has 33 heavy (non-hydrogen) atoms. The first-order valence-electron chi connectivity index (χ1n) is 11.9. The molecule has 174 valence electrons. The standard InChI is InChI=1S/C28H34N2O3/c1-16-7-9-19(10-8-16)23-20-15-21(18-11-12-18)30-14-13-29(6)24(25(20)30)17(2)22(23)26(27(31)32)33-28(3,4)5/h7-10,15,18,26H,11-14H2,1-6H3,(H,31,32)/t26-/m0/s1. The molecule has 5 rings (SSSR count). The summed E-state index contributed by atoms with van der Waals surface area (Å²) in [6.45, 7) is 11.8. The molecule has 3 aromatic rings. The van der Waals surface area contributed by atoms with Crippen molar-refractivity contribution in [1.29, 1.82) is 0 Å². The molecule has 0 unspecified atom stereocenters. The number of carbonyl (C=O) groups is 1. The van der Waals surface area contributed by atoms with Crippen molar-refractivity contribution in [2.75, 3.05) is 18.5 Å². The van der Waals surface area contributed by atoms with Crippen LogP contribution in [0.15, 0.2) is 30.3 Å². The topological polar surface area (TPSA) is 54.7 Å². The van der Waals surface area contributed by atoms with Crippen LogP contribution in [-0.2, 0) is 16.1 Å². The van der Waals surface area contributed by atoms with Crippen LogP contribution in [0.2, 0.25) is 0 Å². The molecule has 2 aliphatic rings. The van der Waals surface area contributed by atoms with Crippen molar-refractivity contribution in [3.8, 4) is 11.1 Å². The first-order chi connectivity index (χ1) is 15.6. The van der Waals surface area contributed by atoms with Crippen LogP contribution in [0.1, 0.15) is 68.0 Å². The van der Waals surface area contributed by atoms with E-state index in [1.165, 1.54) is 29.6 Å². The van der Waals surface area contributed by atoms with E-state index in [0.717, 1.165) is 46.4 Å². The molecule has 1 aliphatic heterocycles. The molecule has 0 amide bonds. The van der Waals surface area contributed by atoms with Gasteiger partial charge in [0.25, 0.3) is 0 Å². The maximum absolute atomic E-state index is 12.6. The molecule has 0 radical (unpaired) electrons. The van der Waals surface area contributed by atoms with E-state index < -0.39 is 17.7 Å². The van der Waals surface area contributed by atoms with Gasteiger partial charge in [0.05, 0.1) is 16.8 Å². The first kappa shape index (κ1) is 22.0. The molecule has 5 nitrogen and oxygen atoms in total. The molecule has 0 spiro atoms. The van der Waals surface area contributed by atoms with Crippen molar-refractivity contribution >= 4 is 22.6 Å². The van der Waals surface area contributed by atoms with Crippen LogP contribution >= 0.6 is 0 Å². The molecule has 1 atom stereocenters. The molecule has 0 bridgehead atoms. The number of aromatic nitrogens is 1. The first-order valence-corrected chi connectivity index (χ1v) is 11.9. The molecule has 1 aliphatic carbocycles. The second-order valence-electron chi connectivity index (χ2n) is 10.8. The number of rotatable bonds is 5. The van der Waals surface area contributed by atoms with E-state index in [9.17, 15) is 9.90 Å². The SMILES string of the molecule is Cc1ccc(-c2c([C@H](OC(C)(C)C)C(=O)O)c(C)c3c4c2cc(C2CC2)n4CCN3C)cc1. The number of nitrogens with zero attached hydrogens (tertiary/aromatic N) is 2. The minimum atomic E-state index is -1.05. The molecule has 5 heteroatoms. The second kappa shape index (κ2) is 7.63. The summed E-state index contributed by atoms with van der Waals surface area (Å²) in [7, 11) is 2.12. The van der Waals surface area contributed by atoms with Crippen molar-refractivity contribution in [3.05, 3.63) is 52.7 Å². The number of carboxylic acids is 1. The zero-order chi connectivity index (χ0) is 23.7. The number of aliphatic carboxylic acids is 1. The molecule has 1 aromatic heterocycles. The average molecular weight is 447 g/mol. The molecular weight excluding hydrogens is 412 g/mol. The number of hydrogen-bond donors (Lipinski definition) is 1. The van der Waals surface area contributed by atoms with Crippen LogP contribution in [-0.4, -0.2) is 34.8 Å². The number of carboxylic acid groups (broad SMARTS) is 1. The maximum Gasteiger partial charge on any atom is 0.337 e. The van der Waals surface area contributed by atoms with Crippen LogP contribution in [0.4, 0.5) is 5.69 Å². The van der Waals surface area contributed by atoms with E-state index in [4.69, 9.17) is 4.74 Å². The zero-order valence-electron chi connectivity index (χ0n) is 20.5. The second-order valence-corrected chi connectivity index (χ2v) is 10.8. The van der Waals surface area contributed by atoms with Gasteiger partial charge in [0.15, 0.2) is 6.10 Å². The van der Waals surface area contributed by atoms with E-state index in [1.807, 2.05) is 20.8 Å². The lowest BCUT2D eigenvalue weighted by atomic mass is 9.87. The Morgan fingerprint density at radius 2 is 1.79 bits per heavy atom. The maximum atomic E-state index is 12.6. The summed E-state index contributed by atoms with van der Waals surface area (Å²) in [6.07, 6.45) is 1.42. The summed E-state index contributed by atoms with van der Waals surface area (Å²) in [4.78, 5) is 14.9. The van der Waals surface area contributed by atoms with Crippen molar-refractivity contribution < 1.29 is 14.6 Å². The monoisotopic (exact) mass is 446 g/mol. The highest BCUT2D eigenvalue weighted by Gasteiger charge is 2.37. The third kappa shape index (κ3) is 3.72. The largest absolute Gasteiger partial charge is 0.479 e. The van der Waals surface area contributed by atoms with Gasteiger partial charge in [-0.1, -0.05) is 29.8 Å². The summed E-state index contributed by atoms with van der Waals surface area (Å²) >= 11 is 0. The Morgan fingerprint density at radius 1 is 1.12 bits per heavy atom. The highest BCUT2D eigenvalue weighted by Crippen LogP contribution is 2.51. The van der Waals surface area contributed by atoms with E-state index in [-0.39, 0.29) is 0 Å². The van der Waals surface area contributed by atoms with E-state index in [1.54, 1.807) is 0 Å². The summed E-state index contributed by atoms with van der Waals surface area (Å²) < 4.78 is 8.72. The molecular formula is C28H34N2O3. The Bertz CT molecular complexity index is 1240. The van der Waals surface area contributed by atoms with Crippen molar-refractivity contribution in [2.45, 2.75) is 71.6 Å². The summed E-state index contributed by atoms with van der Waals surface area (Å²) in [5.41, 5.74) is 8.18. The fraction of sp³-hybridized carbons (Fsp3) is 0.464. The predicted molar refractivity (Wildman–Crippen MR) is 133 cm³/mol. The Morgan fingerprint density at radius 3 is 2.36 bits per heavy atom. The number of anilines is 1. The number of likely N-dealkylation sites (N-methyl/N-ethyl adjacent to an activating group) is 1. The van der Waals surface area contributed by atoms with Gasteiger partial charge < -0.3 is 19.3 Å². The van der Waals surface area contributed by atoms with Crippen LogP contribution in [0.3, 0.4) is 0 Å². The van der Waals surface area contributed by atoms with Gasteiger partial charge in [-0.3, -0.25) is 0 Å². The third-order valence-corrected chi connectivity index (χ3v) is 6.99. The fourth-order valence-corrected chi connectivity index (χ4v) is 5.38. The van der Waals surface area contributed by atoms with Crippen molar-refractivity contribution in [3.63, 3.8) is 0 Å². The minimum Gasteiger partial charge on any atom is -0.479 e. The highest BCUT2D eigenvalue weighted by atomic mass is 16.5. The number of ether oxygens (including phenoxy) is 1. The van der Waals surface area contributed by atoms with Gasteiger partial charge in [0.2, 0.25) is 0 Å². The van der Waals surface area contributed by atoms with Gasteiger partial charge >= 0.3 is 5.97 Å². The number of aryl methyl sites for hydroxylation is 1. The Labute approximate surface area is 196 Å². The van der Waals surface area contributed by atoms with Gasteiger partial charge in [0, 0.05) is 36.8 Å². The Balaban J connectivity index is 1.91. The molecule has 1 saturated carbocycles. The lowest BCUT2D eigenvalue weighted by molar-refractivity contribution is -0.160. The third-order valence-electron chi connectivity index (χ3n) is 6.99. The van der Waals surface area contributed by atoms with Gasteiger partial charge in [0.1, 0.15) is 0 Å². The Kier molecular flexibility index (Phi) is 5.09. The van der Waals surface area contributed by atoms with Gasteiger partial charge in [-0.15, -0.1) is 0 Å². The normalized spacial score (nSPS) is 17.0. The van der Waals surface area contributed by atoms with Crippen molar-refractivity contribution in [1.82, 2.24) is 4.57 Å². The Hall–Kier alpha value is -2.79. The summed E-state index contributed by atoms with van der Waals surface area (Å²) in [5, 5.41) is 11.5. The van der Waals surface area contributed by atoms with Gasteiger partial charge in [-0.25, -0.2) is 4.79 Å². The van der Waals surface area contributed by atoms with Crippen LogP contribution in [0, 0.1) is 13.8 Å². The lowest BCUT2D eigenvalue weighted by Gasteiger charge is -2.34. The fourth-order valence-electron chi connectivity index (χ4n) is 5.38. The summed E-state index contributed by atoms with van der Waals surface area (Å²) in [6, 6.07) is 10.8. The van der Waals surface area contributed by atoms with Gasteiger partial charge in [-0.05, 0) is 76.1 Å². The smallest absolute Gasteiger partial charge is 0.337 e. The lowest BCUT2D eigenvalue weighted by Crippen LogP contribution is -2.31. The van der Waals surface area contributed by atoms with Gasteiger partial charge in [-0.2, -0.15) is 0 Å². The number of benzene rings is 2. The molecule has 2 heterocycles. The van der Waals surface area contributed by atoms with Crippen molar-refractivity contribution in [2.24, 2.45) is 0 Å². The van der Waals surface area contributed by atoms with E-state index >= 15 is 0 Å².